The third kappa shape index (κ3) is 9.89. The Hall–Kier alpha value is -3.38. The van der Waals surface area contributed by atoms with Gasteiger partial charge < -0.3 is 52.8 Å². The normalized spacial score (nSPS) is 33.1. The van der Waals surface area contributed by atoms with Crippen molar-refractivity contribution in [1.82, 2.24) is 0 Å². The van der Waals surface area contributed by atoms with Crippen molar-refractivity contribution >= 4 is 35.8 Å². The molecule has 41 heavy (non-hydrogen) atoms. The van der Waals surface area contributed by atoms with Gasteiger partial charge in [0, 0.05) is 41.5 Å². The van der Waals surface area contributed by atoms with E-state index in [1.807, 2.05) is 0 Å². The molecule has 17 nitrogen and oxygen atoms in total. The molecule has 0 radical (unpaired) electrons. The largest absolute Gasteiger partial charge is 0.463 e. The first kappa shape index (κ1) is 33.8. The third-order valence-electron chi connectivity index (χ3n) is 5.63. The van der Waals surface area contributed by atoms with Crippen molar-refractivity contribution < 1.29 is 81.6 Å². The molecule has 2 saturated heterocycles. The second kappa shape index (κ2) is 15.0. The summed E-state index contributed by atoms with van der Waals surface area (Å²) in [6.07, 6.45) is -16.4. The molecule has 2 rings (SSSR count). The standard InChI is InChI=1S/C24H34O17/c1-9(25)33-7-15-18(35-11(3)27)17(31)20(37-13(5)29)24(40-15)41-21-19(36-12(4)28)16(8-34-10(2)26)39-23(32)22(21)38-14(6)30/h15-24,31-32H,7-8H2,1-6H3/t15-,16-,17+,18-,19-,20-,21+,22-,23-,24+/m1/s1. The molecule has 0 aliphatic carbocycles. The lowest BCUT2D eigenvalue weighted by atomic mass is 9.96. The fourth-order valence-electron chi connectivity index (χ4n) is 4.18. The van der Waals surface area contributed by atoms with Crippen molar-refractivity contribution in [3.63, 3.8) is 0 Å². The molecular formula is C24H34O17. The lowest BCUT2D eigenvalue weighted by Gasteiger charge is -2.47. The zero-order valence-corrected chi connectivity index (χ0v) is 23.2. The number of ether oxygens (including phenoxy) is 9. The summed E-state index contributed by atoms with van der Waals surface area (Å²) in [7, 11) is 0. The van der Waals surface area contributed by atoms with E-state index in [-0.39, 0.29) is 0 Å². The average molecular weight is 595 g/mol. The molecule has 0 bridgehead atoms. The molecule has 0 aromatic heterocycles. The second-order valence-corrected chi connectivity index (χ2v) is 9.10. The Kier molecular flexibility index (Phi) is 12.4. The first-order valence-corrected chi connectivity index (χ1v) is 12.4. The second-order valence-electron chi connectivity index (χ2n) is 9.10. The van der Waals surface area contributed by atoms with Crippen LogP contribution in [-0.4, -0.2) is 121 Å². The van der Waals surface area contributed by atoms with Crippen LogP contribution in [0, 0.1) is 0 Å². The predicted octanol–water partition coefficient (Wildman–Crippen LogP) is -1.97. The number of carbonyl (C=O) groups is 6. The van der Waals surface area contributed by atoms with Crippen LogP contribution in [0.25, 0.3) is 0 Å². The summed E-state index contributed by atoms with van der Waals surface area (Å²) < 4.78 is 47.9. The first-order valence-electron chi connectivity index (χ1n) is 12.4. The number of carbonyl (C=O) groups excluding carboxylic acids is 6. The van der Waals surface area contributed by atoms with Gasteiger partial charge >= 0.3 is 35.8 Å². The van der Waals surface area contributed by atoms with Crippen molar-refractivity contribution in [2.45, 2.75) is 103 Å². The van der Waals surface area contributed by atoms with E-state index >= 15 is 0 Å². The van der Waals surface area contributed by atoms with E-state index in [0.717, 1.165) is 41.5 Å². The van der Waals surface area contributed by atoms with Crippen LogP contribution < -0.4 is 0 Å². The van der Waals surface area contributed by atoms with Crippen molar-refractivity contribution in [2.75, 3.05) is 13.2 Å². The van der Waals surface area contributed by atoms with Crippen LogP contribution >= 0.6 is 0 Å². The van der Waals surface area contributed by atoms with Crippen LogP contribution in [0.4, 0.5) is 0 Å². The maximum Gasteiger partial charge on any atom is 0.303 e. The molecule has 2 aliphatic rings. The van der Waals surface area contributed by atoms with Gasteiger partial charge in [0.15, 0.2) is 37.0 Å². The highest BCUT2D eigenvalue weighted by molar-refractivity contribution is 5.68. The van der Waals surface area contributed by atoms with Gasteiger partial charge in [-0.25, -0.2) is 0 Å². The fourth-order valence-corrected chi connectivity index (χ4v) is 4.18. The highest BCUT2D eigenvalue weighted by Crippen LogP contribution is 2.33. The topological polar surface area (TPSA) is 226 Å². The lowest BCUT2D eigenvalue weighted by Crippen LogP contribution is -2.66. The van der Waals surface area contributed by atoms with Gasteiger partial charge in [0.25, 0.3) is 0 Å². The summed E-state index contributed by atoms with van der Waals surface area (Å²) >= 11 is 0. The van der Waals surface area contributed by atoms with Crippen molar-refractivity contribution in [3.05, 3.63) is 0 Å². The Morgan fingerprint density at radius 2 is 0.951 bits per heavy atom. The summed E-state index contributed by atoms with van der Waals surface area (Å²) in [6.45, 7) is 5.19. The summed E-state index contributed by atoms with van der Waals surface area (Å²) in [5, 5.41) is 21.7. The Labute approximate surface area is 234 Å². The number of aliphatic hydroxyl groups is 2. The Morgan fingerprint density at radius 1 is 0.537 bits per heavy atom. The predicted molar refractivity (Wildman–Crippen MR) is 126 cm³/mol. The van der Waals surface area contributed by atoms with Gasteiger partial charge in [-0.2, -0.15) is 0 Å². The third-order valence-corrected chi connectivity index (χ3v) is 5.63. The Bertz CT molecular complexity index is 979. The van der Waals surface area contributed by atoms with E-state index in [0.29, 0.717) is 0 Å². The van der Waals surface area contributed by atoms with Crippen LogP contribution in [0.5, 0.6) is 0 Å². The van der Waals surface area contributed by atoms with E-state index in [2.05, 4.69) is 0 Å². The minimum Gasteiger partial charge on any atom is -0.463 e. The van der Waals surface area contributed by atoms with E-state index in [9.17, 15) is 39.0 Å². The van der Waals surface area contributed by atoms with Gasteiger partial charge in [0.05, 0.1) is 0 Å². The molecular weight excluding hydrogens is 560 g/mol. The maximum absolute atomic E-state index is 12.0. The molecule has 2 heterocycles. The monoisotopic (exact) mass is 594 g/mol. The van der Waals surface area contributed by atoms with Crippen molar-refractivity contribution in [2.24, 2.45) is 0 Å². The van der Waals surface area contributed by atoms with Crippen LogP contribution in [-0.2, 0) is 71.4 Å². The van der Waals surface area contributed by atoms with Gasteiger partial charge in [-0.05, 0) is 0 Å². The Balaban J connectivity index is 2.54. The quantitative estimate of drug-likeness (QED) is 0.206. The highest BCUT2D eigenvalue weighted by atomic mass is 16.8. The number of hydrogen-bond donors (Lipinski definition) is 2. The molecule has 0 aromatic rings. The number of rotatable bonds is 10. The van der Waals surface area contributed by atoms with Crippen LogP contribution in [0.1, 0.15) is 41.5 Å². The van der Waals surface area contributed by atoms with Crippen LogP contribution in [0.2, 0.25) is 0 Å². The number of aliphatic hydroxyl groups excluding tert-OH is 2. The molecule has 0 unspecified atom stereocenters. The SMILES string of the molecule is CC(=O)OC[C@H]1O[C@@H](O[C@@H]2[C@@H](OC(C)=O)[C@H](O)O[C@H](COC(C)=O)[C@H]2OC(C)=O)[C@H](OC(C)=O)[C@@H](O)[C@@H]1OC(C)=O. The zero-order chi connectivity index (χ0) is 31.0. The molecule has 2 aliphatic heterocycles. The van der Waals surface area contributed by atoms with E-state index < -0.39 is 110 Å². The van der Waals surface area contributed by atoms with Gasteiger partial charge in [0.2, 0.25) is 0 Å². The Morgan fingerprint density at radius 3 is 1.41 bits per heavy atom. The van der Waals surface area contributed by atoms with Crippen molar-refractivity contribution in [3.8, 4) is 0 Å². The summed E-state index contributed by atoms with van der Waals surface area (Å²) in [5.74, 6) is -5.02. The number of hydrogen-bond acceptors (Lipinski definition) is 17. The van der Waals surface area contributed by atoms with Gasteiger partial charge in [-0.3, -0.25) is 28.8 Å². The molecule has 232 valence electrons. The van der Waals surface area contributed by atoms with Gasteiger partial charge in [-0.15, -0.1) is 0 Å². The van der Waals surface area contributed by atoms with Crippen LogP contribution in [0.15, 0.2) is 0 Å². The van der Waals surface area contributed by atoms with Gasteiger partial charge in [-0.1, -0.05) is 0 Å². The fraction of sp³-hybridized carbons (Fsp3) is 0.750. The molecule has 0 spiro atoms. The number of esters is 6. The first-order chi connectivity index (χ1) is 19.1. The lowest BCUT2D eigenvalue weighted by molar-refractivity contribution is -0.357. The minimum atomic E-state index is -1.91. The molecule has 0 saturated carbocycles. The summed E-state index contributed by atoms with van der Waals surface area (Å²) in [4.78, 5) is 70.4. The molecule has 2 N–H and O–H groups in total. The summed E-state index contributed by atoms with van der Waals surface area (Å²) in [6, 6.07) is 0. The zero-order valence-electron chi connectivity index (χ0n) is 23.2. The maximum atomic E-state index is 12.0. The highest BCUT2D eigenvalue weighted by Gasteiger charge is 2.56. The molecule has 0 amide bonds. The van der Waals surface area contributed by atoms with E-state index in [1.165, 1.54) is 0 Å². The van der Waals surface area contributed by atoms with Crippen LogP contribution in [0.3, 0.4) is 0 Å². The molecule has 2 fully saturated rings. The molecule has 17 heteroatoms. The van der Waals surface area contributed by atoms with E-state index in [1.54, 1.807) is 0 Å². The summed E-state index contributed by atoms with van der Waals surface area (Å²) in [5.41, 5.74) is 0. The average Bonchev–Trinajstić information content (AvgIpc) is 2.83. The van der Waals surface area contributed by atoms with E-state index in [4.69, 9.17) is 42.6 Å². The molecule has 0 aromatic carbocycles. The molecule has 10 atom stereocenters. The smallest absolute Gasteiger partial charge is 0.303 e. The van der Waals surface area contributed by atoms with Crippen molar-refractivity contribution in [1.29, 1.82) is 0 Å². The minimum absolute atomic E-state index is 0.540. The van der Waals surface area contributed by atoms with Gasteiger partial charge in [0.1, 0.15) is 37.6 Å².